The maximum absolute atomic E-state index is 11.7. The fraction of sp³-hybridized carbons (Fsp3) is 0.520. The molecule has 5 rings (SSSR count). The molecule has 0 radical (unpaired) electrons. The highest BCUT2D eigenvalue weighted by atomic mass is 32.2. The zero-order valence-electron chi connectivity index (χ0n) is 18.8. The maximum atomic E-state index is 11.7. The number of ether oxygens (including phenoxy) is 1. The van der Waals surface area contributed by atoms with Crippen molar-refractivity contribution in [2.24, 2.45) is 11.8 Å². The third-order valence-corrected chi connectivity index (χ3v) is 8.27. The fourth-order valence-electron chi connectivity index (χ4n) is 6.61. The number of anilines is 1. The van der Waals surface area contributed by atoms with Crippen LogP contribution in [-0.4, -0.2) is 57.0 Å². The number of sulfonamides is 1. The van der Waals surface area contributed by atoms with E-state index in [9.17, 15) is 13.5 Å². The van der Waals surface area contributed by atoms with Gasteiger partial charge in [-0.3, -0.25) is 9.62 Å². The molecule has 2 atom stereocenters. The van der Waals surface area contributed by atoms with Gasteiger partial charge in [0.05, 0.1) is 11.9 Å². The average molecular weight is 457 g/mol. The molecule has 2 aromatic carbocycles. The van der Waals surface area contributed by atoms with Gasteiger partial charge < -0.3 is 9.84 Å². The van der Waals surface area contributed by atoms with E-state index < -0.39 is 21.2 Å². The summed E-state index contributed by atoms with van der Waals surface area (Å²) in [6.45, 7) is 2.41. The molecule has 32 heavy (non-hydrogen) atoms. The molecule has 0 aromatic heterocycles. The summed E-state index contributed by atoms with van der Waals surface area (Å²) in [4.78, 5) is 2.42. The predicted octanol–water partition coefficient (Wildman–Crippen LogP) is 2.77. The van der Waals surface area contributed by atoms with E-state index in [1.165, 1.54) is 17.4 Å². The van der Waals surface area contributed by atoms with Crippen molar-refractivity contribution in [2.45, 2.75) is 36.9 Å². The Morgan fingerprint density at radius 1 is 1.06 bits per heavy atom. The highest BCUT2D eigenvalue weighted by molar-refractivity contribution is 7.92. The minimum Gasteiger partial charge on any atom is -0.388 e. The number of fused-ring (bicyclic) bond motifs is 3. The standard InChI is InChI=1S/C25H32N2O4S/c1-31-25(20-8-5-9-23(12-20)26-32(2,29)30)21-10-11-22(25)16-27(15-21)17-24(28)13-18-6-3-4-7-19(18)14-24/h3-9,12,21-22,26,28H,10-11,13-17H2,1-2H3. The highest BCUT2D eigenvalue weighted by Crippen LogP contribution is 2.54. The average Bonchev–Trinajstić information content (AvgIpc) is 3.15. The summed E-state index contributed by atoms with van der Waals surface area (Å²) in [5.74, 6) is 0.597. The van der Waals surface area contributed by atoms with E-state index in [2.05, 4.69) is 27.8 Å². The van der Waals surface area contributed by atoms with E-state index in [1.54, 1.807) is 13.2 Å². The van der Waals surface area contributed by atoms with Crippen LogP contribution in [0.1, 0.15) is 29.5 Å². The summed E-state index contributed by atoms with van der Waals surface area (Å²) in [6, 6.07) is 16.0. The van der Waals surface area contributed by atoms with Crippen LogP contribution in [0.5, 0.6) is 0 Å². The number of likely N-dealkylation sites (tertiary alicyclic amines) is 1. The Morgan fingerprint density at radius 3 is 2.25 bits per heavy atom. The number of nitrogens with zero attached hydrogens (tertiary/aromatic N) is 1. The van der Waals surface area contributed by atoms with Crippen LogP contribution in [-0.2, 0) is 33.2 Å². The van der Waals surface area contributed by atoms with E-state index in [0.717, 1.165) is 31.5 Å². The van der Waals surface area contributed by atoms with Gasteiger partial charge in [0.25, 0.3) is 0 Å². The van der Waals surface area contributed by atoms with Gasteiger partial charge in [-0.2, -0.15) is 0 Å². The van der Waals surface area contributed by atoms with Crippen LogP contribution in [0.2, 0.25) is 0 Å². The van der Waals surface area contributed by atoms with E-state index in [0.29, 0.717) is 36.9 Å². The molecule has 3 aliphatic rings. The van der Waals surface area contributed by atoms with Crippen molar-refractivity contribution in [1.29, 1.82) is 0 Å². The lowest BCUT2D eigenvalue weighted by Gasteiger charge is -2.48. The Labute approximate surface area is 190 Å². The first kappa shape index (κ1) is 21.9. The molecule has 1 aliphatic heterocycles. The molecule has 2 unspecified atom stereocenters. The van der Waals surface area contributed by atoms with Crippen molar-refractivity contribution < 1.29 is 18.3 Å². The smallest absolute Gasteiger partial charge is 0.229 e. The van der Waals surface area contributed by atoms with Gasteiger partial charge in [0, 0.05) is 57.1 Å². The number of nitrogens with one attached hydrogen (secondary N) is 1. The Bertz CT molecular complexity index is 1080. The van der Waals surface area contributed by atoms with E-state index in [4.69, 9.17) is 4.74 Å². The second-order valence-corrected chi connectivity index (χ2v) is 11.7. The molecule has 2 aromatic rings. The normalized spacial score (nSPS) is 29.1. The molecular formula is C25H32N2O4S. The Hall–Kier alpha value is -1.93. The van der Waals surface area contributed by atoms with Crippen molar-refractivity contribution in [3.05, 3.63) is 65.2 Å². The molecular weight excluding hydrogens is 424 g/mol. The van der Waals surface area contributed by atoms with Crippen LogP contribution in [0, 0.1) is 11.8 Å². The maximum Gasteiger partial charge on any atom is 0.229 e. The van der Waals surface area contributed by atoms with Gasteiger partial charge in [0.15, 0.2) is 0 Å². The number of β-amino-alcohol motifs (C(OH)–C–C–N with tert-alkyl or cyclic N) is 1. The van der Waals surface area contributed by atoms with Crippen molar-refractivity contribution in [1.82, 2.24) is 4.90 Å². The first-order valence-electron chi connectivity index (χ1n) is 11.4. The molecule has 0 spiro atoms. The van der Waals surface area contributed by atoms with Crippen LogP contribution in [0.25, 0.3) is 0 Å². The number of hydrogen-bond acceptors (Lipinski definition) is 5. The van der Waals surface area contributed by atoms with E-state index in [-0.39, 0.29) is 0 Å². The van der Waals surface area contributed by atoms with Gasteiger partial charge in [-0.1, -0.05) is 36.4 Å². The third kappa shape index (κ3) is 3.85. The molecule has 1 saturated heterocycles. The summed E-state index contributed by atoms with van der Waals surface area (Å²) in [6.07, 6.45) is 4.72. The number of piperidine rings is 1. The van der Waals surface area contributed by atoms with Gasteiger partial charge in [-0.25, -0.2) is 8.42 Å². The molecule has 172 valence electrons. The minimum atomic E-state index is -3.34. The molecule has 1 heterocycles. The van der Waals surface area contributed by atoms with Crippen molar-refractivity contribution in [3.63, 3.8) is 0 Å². The molecule has 6 nitrogen and oxygen atoms in total. The lowest BCUT2D eigenvalue weighted by atomic mass is 9.74. The van der Waals surface area contributed by atoms with Crippen LogP contribution in [0.15, 0.2) is 48.5 Å². The van der Waals surface area contributed by atoms with Crippen LogP contribution in [0.4, 0.5) is 5.69 Å². The fourth-order valence-corrected chi connectivity index (χ4v) is 7.16. The Balaban J connectivity index is 1.36. The highest BCUT2D eigenvalue weighted by Gasteiger charge is 2.56. The Kier molecular flexibility index (Phi) is 5.36. The monoisotopic (exact) mass is 456 g/mol. The molecule has 2 fully saturated rings. The van der Waals surface area contributed by atoms with Gasteiger partial charge in [-0.15, -0.1) is 0 Å². The van der Waals surface area contributed by atoms with Gasteiger partial charge in [0.2, 0.25) is 10.0 Å². The largest absolute Gasteiger partial charge is 0.388 e. The number of methoxy groups -OCH3 is 1. The van der Waals surface area contributed by atoms with E-state index >= 15 is 0 Å². The Morgan fingerprint density at radius 2 is 1.69 bits per heavy atom. The van der Waals surface area contributed by atoms with Gasteiger partial charge in [-0.05, 0) is 41.7 Å². The second kappa shape index (κ2) is 7.83. The summed E-state index contributed by atoms with van der Waals surface area (Å²) in [5, 5.41) is 11.4. The number of hydrogen-bond donors (Lipinski definition) is 2. The topological polar surface area (TPSA) is 78.9 Å². The SMILES string of the molecule is COC1(c2cccc(NS(C)(=O)=O)c2)C2CCC1CN(CC1(O)Cc3ccccc3C1)C2. The van der Waals surface area contributed by atoms with Crippen LogP contribution >= 0.6 is 0 Å². The quantitative estimate of drug-likeness (QED) is 0.699. The zero-order chi connectivity index (χ0) is 22.6. The zero-order valence-corrected chi connectivity index (χ0v) is 19.6. The first-order chi connectivity index (χ1) is 15.2. The lowest BCUT2D eigenvalue weighted by Crippen LogP contribution is -2.56. The van der Waals surface area contributed by atoms with Crippen molar-refractivity contribution >= 4 is 15.7 Å². The molecule has 7 heteroatoms. The minimum absolute atomic E-state index is 0.298. The molecule has 1 saturated carbocycles. The van der Waals surface area contributed by atoms with E-state index in [1.807, 2.05) is 24.3 Å². The van der Waals surface area contributed by atoms with Crippen LogP contribution < -0.4 is 4.72 Å². The molecule has 0 amide bonds. The molecule has 2 N–H and O–H groups in total. The first-order valence-corrected chi connectivity index (χ1v) is 13.2. The molecule has 2 bridgehead atoms. The summed E-state index contributed by atoms with van der Waals surface area (Å²) >= 11 is 0. The van der Waals surface area contributed by atoms with Gasteiger partial charge >= 0.3 is 0 Å². The summed E-state index contributed by atoms with van der Waals surface area (Å²) in [5.41, 5.74) is 2.99. The van der Waals surface area contributed by atoms with Crippen LogP contribution in [0.3, 0.4) is 0 Å². The predicted molar refractivity (Wildman–Crippen MR) is 125 cm³/mol. The molecule has 2 aliphatic carbocycles. The summed E-state index contributed by atoms with van der Waals surface area (Å²) in [7, 11) is -1.56. The number of aliphatic hydroxyl groups is 1. The lowest BCUT2D eigenvalue weighted by molar-refractivity contribution is -0.128. The number of rotatable bonds is 6. The van der Waals surface area contributed by atoms with Gasteiger partial charge in [0.1, 0.15) is 5.60 Å². The third-order valence-electron chi connectivity index (χ3n) is 7.66. The van der Waals surface area contributed by atoms with Crippen molar-refractivity contribution in [2.75, 3.05) is 37.7 Å². The second-order valence-electron chi connectivity index (χ2n) is 9.96. The summed E-state index contributed by atoms with van der Waals surface area (Å²) < 4.78 is 32.3. The number of benzene rings is 2. The van der Waals surface area contributed by atoms with Crippen molar-refractivity contribution in [3.8, 4) is 0 Å².